The topological polar surface area (TPSA) is 41.5 Å². The van der Waals surface area contributed by atoms with Gasteiger partial charge in [-0.15, -0.1) is 0 Å². The van der Waals surface area contributed by atoms with E-state index in [4.69, 9.17) is 16.3 Å². The lowest BCUT2D eigenvalue weighted by Crippen LogP contribution is -2.32. The largest absolute Gasteiger partial charge is 0.490 e. The Balaban J connectivity index is 2.02. The lowest BCUT2D eigenvalue weighted by Gasteiger charge is -2.23. The fourth-order valence-electron chi connectivity index (χ4n) is 2.48. The summed E-state index contributed by atoms with van der Waals surface area (Å²) in [6.45, 7) is 4.06. The van der Waals surface area contributed by atoms with Gasteiger partial charge >= 0.3 is 0 Å². The summed E-state index contributed by atoms with van der Waals surface area (Å²) in [6, 6.07) is 5.62. The van der Waals surface area contributed by atoms with Gasteiger partial charge in [0.1, 0.15) is 12.4 Å². The van der Waals surface area contributed by atoms with E-state index in [0.29, 0.717) is 11.6 Å². The molecule has 2 rings (SSSR count). The Bertz CT molecular complexity index is 417. The Kier molecular flexibility index (Phi) is 5.08. The third-order valence-corrected chi connectivity index (χ3v) is 3.85. The number of nitrogens with one attached hydrogen (secondary N) is 1. The molecule has 1 fully saturated rings. The molecule has 0 bridgehead atoms. The van der Waals surface area contributed by atoms with Crippen molar-refractivity contribution in [3.63, 3.8) is 0 Å². The number of ether oxygens (including phenoxy) is 1. The van der Waals surface area contributed by atoms with E-state index in [1.54, 1.807) is 0 Å². The molecule has 0 aromatic heterocycles. The highest BCUT2D eigenvalue weighted by Crippen LogP contribution is 2.31. The van der Waals surface area contributed by atoms with E-state index in [1.807, 2.05) is 18.2 Å². The third-order valence-electron chi connectivity index (χ3n) is 3.62. The molecule has 0 atom stereocenters. The number of aliphatic hydroxyl groups is 1. The molecule has 0 spiro atoms. The van der Waals surface area contributed by atoms with Crippen LogP contribution in [0.5, 0.6) is 5.75 Å². The van der Waals surface area contributed by atoms with Gasteiger partial charge in [-0.3, -0.25) is 0 Å². The lowest BCUT2D eigenvalue weighted by atomic mass is 10.0. The summed E-state index contributed by atoms with van der Waals surface area (Å²) >= 11 is 6.02. The molecule has 1 aliphatic carbocycles. The normalized spacial score (nSPS) is 17.6. The molecule has 0 saturated heterocycles. The van der Waals surface area contributed by atoms with Crippen molar-refractivity contribution in [3.8, 4) is 5.75 Å². The van der Waals surface area contributed by atoms with Gasteiger partial charge in [-0.05, 0) is 37.6 Å². The van der Waals surface area contributed by atoms with Gasteiger partial charge in [0.2, 0.25) is 0 Å². The highest BCUT2D eigenvalue weighted by atomic mass is 35.5. The van der Waals surface area contributed by atoms with E-state index < -0.39 is 5.60 Å². The van der Waals surface area contributed by atoms with Crippen molar-refractivity contribution >= 4 is 11.6 Å². The van der Waals surface area contributed by atoms with E-state index in [1.165, 1.54) is 0 Å². The van der Waals surface area contributed by atoms with Crippen LogP contribution in [0, 0.1) is 0 Å². The molecule has 1 saturated carbocycles. The van der Waals surface area contributed by atoms with Crippen LogP contribution in [0.15, 0.2) is 18.2 Å². The average molecular weight is 284 g/mol. The molecular weight excluding hydrogens is 262 g/mol. The number of rotatable bonds is 6. The molecule has 3 nitrogen and oxygen atoms in total. The highest BCUT2D eigenvalue weighted by Gasteiger charge is 2.32. The maximum absolute atomic E-state index is 10.3. The predicted molar refractivity (Wildman–Crippen MR) is 77.7 cm³/mol. The zero-order valence-electron chi connectivity index (χ0n) is 11.4. The van der Waals surface area contributed by atoms with Crippen LogP contribution in [-0.4, -0.2) is 23.9 Å². The number of hydrogen-bond donors (Lipinski definition) is 2. The molecule has 1 aliphatic rings. The SMILES string of the molecule is CCNCc1cc(Cl)ccc1OCC1(O)CCCC1. The second-order valence-corrected chi connectivity index (χ2v) is 5.69. The molecule has 0 amide bonds. The van der Waals surface area contributed by atoms with Crippen molar-refractivity contribution in [2.45, 2.75) is 44.8 Å². The number of halogens is 1. The molecule has 2 N–H and O–H groups in total. The first kappa shape index (κ1) is 14.6. The third kappa shape index (κ3) is 4.10. The summed E-state index contributed by atoms with van der Waals surface area (Å²) in [6.07, 6.45) is 3.85. The summed E-state index contributed by atoms with van der Waals surface area (Å²) in [5, 5.41) is 14.3. The van der Waals surface area contributed by atoms with Gasteiger partial charge in [0, 0.05) is 17.1 Å². The van der Waals surface area contributed by atoms with E-state index >= 15 is 0 Å². The van der Waals surface area contributed by atoms with Crippen molar-refractivity contribution < 1.29 is 9.84 Å². The smallest absolute Gasteiger partial charge is 0.124 e. The second-order valence-electron chi connectivity index (χ2n) is 5.25. The summed E-state index contributed by atoms with van der Waals surface area (Å²) in [4.78, 5) is 0. The fraction of sp³-hybridized carbons (Fsp3) is 0.600. The molecule has 1 aromatic rings. The first-order valence-corrected chi connectivity index (χ1v) is 7.35. The fourth-order valence-corrected chi connectivity index (χ4v) is 2.67. The van der Waals surface area contributed by atoms with Crippen LogP contribution in [0.25, 0.3) is 0 Å². The number of hydrogen-bond acceptors (Lipinski definition) is 3. The van der Waals surface area contributed by atoms with Crippen LogP contribution in [0.2, 0.25) is 5.02 Å². The van der Waals surface area contributed by atoms with Crippen molar-refractivity contribution in [2.24, 2.45) is 0 Å². The van der Waals surface area contributed by atoms with Gasteiger partial charge in [0.25, 0.3) is 0 Å². The molecule has 0 heterocycles. The van der Waals surface area contributed by atoms with E-state index in [9.17, 15) is 5.11 Å². The predicted octanol–water partition coefficient (Wildman–Crippen LogP) is 3.13. The Hall–Kier alpha value is -0.770. The Labute approximate surface area is 119 Å². The van der Waals surface area contributed by atoms with Crippen molar-refractivity contribution in [3.05, 3.63) is 28.8 Å². The maximum atomic E-state index is 10.3. The summed E-state index contributed by atoms with van der Waals surface area (Å²) in [5.41, 5.74) is 0.394. The average Bonchev–Trinajstić information content (AvgIpc) is 2.82. The summed E-state index contributed by atoms with van der Waals surface area (Å²) in [5.74, 6) is 0.811. The minimum absolute atomic E-state index is 0.369. The molecule has 106 valence electrons. The molecule has 19 heavy (non-hydrogen) atoms. The van der Waals surface area contributed by atoms with E-state index in [0.717, 1.165) is 50.1 Å². The highest BCUT2D eigenvalue weighted by molar-refractivity contribution is 6.30. The lowest BCUT2D eigenvalue weighted by molar-refractivity contribution is 0.00112. The minimum atomic E-state index is -0.644. The molecule has 1 aromatic carbocycles. The molecule has 0 aliphatic heterocycles. The first-order valence-electron chi connectivity index (χ1n) is 6.97. The zero-order valence-corrected chi connectivity index (χ0v) is 12.2. The Morgan fingerprint density at radius 1 is 1.37 bits per heavy atom. The van der Waals surface area contributed by atoms with Crippen molar-refractivity contribution in [1.29, 1.82) is 0 Å². The quantitative estimate of drug-likeness (QED) is 0.843. The maximum Gasteiger partial charge on any atom is 0.124 e. The van der Waals surface area contributed by atoms with Crippen molar-refractivity contribution in [2.75, 3.05) is 13.2 Å². The number of benzene rings is 1. The van der Waals surface area contributed by atoms with Crippen LogP contribution in [-0.2, 0) is 6.54 Å². The van der Waals surface area contributed by atoms with Crippen LogP contribution in [0.4, 0.5) is 0 Å². The van der Waals surface area contributed by atoms with Gasteiger partial charge in [-0.1, -0.05) is 31.4 Å². The zero-order chi connectivity index (χ0) is 13.7. The molecule has 0 radical (unpaired) electrons. The van der Waals surface area contributed by atoms with Gasteiger partial charge < -0.3 is 15.2 Å². The summed E-state index contributed by atoms with van der Waals surface area (Å²) in [7, 11) is 0. The van der Waals surface area contributed by atoms with Crippen LogP contribution >= 0.6 is 11.6 Å². The van der Waals surface area contributed by atoms with E-state index in [2.05, 4.69) is 12.2 Å². The van der Waals surface area contributed by atoms with Gasteiger partial charge in [0.05, 0.1) is 5.60 Å². The standard InChI is InChI=1S/C15H22ClNO2/c1-2-17-10-12-9-13(16)5-6-14(12)19-11-15(18)7-3-4-8-15/h5-6,9,17-18H,2-4,7-8,10-11H2,1H3. The summed E-state index contributed by atoms with van der Waals surface area (Å²) < 4.78 is 5.83. The Morgan fingerprint density at radius 3 is 2.79 bits per heavy atom. The van der Waals surface area contributed by atoms with Crippen LogP contribution in [0.1, 0.15) is 38.2 Å². The van der Waals surface area contributed by atoms with Crippen LogP contribution < -0.4 is 10.1 Å². The van der Waals surface area contributed by atoms with E-state index in [-0.39, 0.29) is 0 Å². The van der Waals surface area contributed by atoms with Gasteiger partial charge in [-0.25, -0.2) is 0 Å². The van der Waals surface area contributed by atoms with Crippen molar-refractivity contribution in [1.82, 2.24) is 5.32 Å². The Morgan fingerprint density at radius 2 is 2.11 bits per heavy atom. The second kappa shape index (κ2) is 6.60. The first-order chi connectivity index (χ1) is 9.13. The monoisotopic (exact) mass is 283 g/mol. The molecule has 4 heteroatoms. The van der Waals surface area contributed by atoms with Gasteiger partial charge in [0.15, 0.2) is 0 Å². The van der Waals surface area contributed by atoms with Crippen LogP contribution in [0.3, 0.4) is 0 Å². The van der Waals surface area contributed by atoms with Gasteiger partial charge in [-0.2, -0.15) is 0 Å². The minimum Gasteiger partial charge on any atom is -0.490 e. The molecular formula is C15H22ClNO2. The molecule has 0 unspecified atom stereocenters.